The second kappa shape index (κ2) is 15.8. The maximum absolute atomic E-state index is 6.73. The zero-order valence-electron chi connectivity index (χ0n) is 38.9. The molecule has 1 fully saturated rings. The Morgan fingerprint density at radius 1 is 0.567 bits per heavy atom. The predicted molar refractivity (Wildman–Crippen MR) is 270 cm³/mol. The van der Waals surface area contributed by atoms with Gasteiger partial charge in [0, 0.05) is 72.2 Å². The van der Waals surface area contributed by atoms with Gasteiger partial charge < -0.3 is 19.1 Å². The number of para-hydroxylation sites is 3. The van der Waals surface area contributed by atoms with Crippen LogP contribution in [0.25, 0.3) is 38.8 Å². The maximum atomic E-state index is 6.73. The average Bonchev–Trinajstić information content (AvgIpc) is 3.95. The van der Waals surface area contributed by atoms with Crippen molar-refractivity contribution in [2.24, 2.45) is 10.8 Å². The first kappa shape index (κ1) is 43.2. The summed E-state index contributed by atoms with van der Waals surface area (Å²) in [6.07, 6.45) is 5.52. The second-order valence-corrected chi connectivity index (χ2v) is 20.3. The van der Waals surface area contributed by atoms with Gasteiger partial charge in [-0.05, 0) is 105 Å². The number of anilines is 4. The normalized spacial score (nSPS) is 17.2. The third kappa shape index (κ3) is 6.48. The zero-order valence-corrected chi connectivity index (χ0v) is 41.2. The molecule has 0 bridgehead atoms. The molecule has 3 aliphatic rings. The average molecular weight is 1050 g/mol. The number of rotatable bonds is 7. The molecule has 67 heavy (non-hydrogen) atoms. The molecule has 0 spiro atoms. The third-order valence-corrected chi connectivity index (χ3v) is 15.5. The smallest absolute Gasteiger partial charge is 0.135 e. The van der Waals surface area contributed by atoms with Gasteiger partial charge in [0.05, 0.1) is 0 Å². The van der Waals surface area contributed by atoms with Gasteiger partial charge in [-0.3, -0.25) is 0 Å². The van der Waals surface area contributed by atoms with Crippen molar-refractivity contribution in [3.05, 3.63) is 211 Å². The molecule has 336 valence electrons. The fourth-order valence-electron chi connectivity index (χ4n) is 12.7. The van der Waals surface area contributed by atoms with Crippen molar-refractivity contribution in [3.63, 3.8) is 0 Å². The number of fused-ring (bicyclic) bond motifs is 7. The van der Waals surface area contributed by atoms with Crippen LogP contribution in [0.5, 0.6) is 11.5 Å². The van der Waals surface area contributed by atoms with Gasteiger partial charge in [0.15, 0.2) is 0 Å². The number of hydrogen-bond acceptors (Lipinski definition) is 4. The van der Waals surface area contributed by atoms with Crippen molar-refractivity contribution >= 4 is 44.6 Å². The van der Waals surface area contributed by atoms with E-state index < -0.39 is 0 Å². The molecule has 0 N–H and O–H groups in total. The van der Waals surface area contributed by atoms with E-state index in [0.717, 1.165) is 63.2 Å². The topological polar surface area (TPSA) is 33.5 Å². The summed E-state index contributed by atoms with van der Waals surface area (Å²) >= 11 is 0. The molecule has 7 aromatic carbocycles. The van der Waals surface area contributed by atoms with E-state index >= 15 is 0 Å². The van der Waals surface area contributed by atoms with E-state index in [2.05, 4.69) is 220 Å². The van der Waals surface area contributed by atoms with Crippen LogP contribution in [0.4, 0.5) is 22.7 Å². The second-order valence-electron chi connectivity index (χ2n) is 20.3. The van der Waals surface area contributed by atoms with Gasteiger partial charge in [-0.2, -0.15) is 12.1 Å². The maximum Gasteiger partial charge on any atom is 0.135 e. The van der Waals surface area contributed by atoms with Crippen LogP contribution in [0.2, 0.25) is 0 Å². The molecule has 2 aromatic heterocycles. The molecule has 1 saturated carbocycles. The molecule has 9 aromatic rings. The first-order valence-corrected chi connectivity index (χ1v) is 23.4. The van der Waals surface area contributed by atoms with Crippen LogP contribution in [0.15, 0.2) is 170 Å². The van der Waals surface area contributed by atoms with Gasteiger partial charge in [0.25, 0.3) is 0 Å². The molecule has 0 radical (unpaired) electrons. The Morgan fingerprint density at radius 3 is 2.06 bits per heavy atom. The summed E-state index contributed by atoms with van der Waals surface area (Å²) in [4.78, 5) is 9.62. The van der Waals surface area contributed by atoms with Gasteiger partial charge in [0.2, 0.25) is 0 Å². The molecule has 12 rings (SSSR count). The molecule has 0 saturated heterocycles. The SMILES string of the molecule is CC1(C)c2ccccc2-c2ccc(N3[CH-]N(c4[c-]c(Oc5[c-]c6c(cc5)c5ccccc5n6-c5cc(C6(c7ccccc7)C(C)(C)CCCC6(C)C)ccn5)ccc4)c4ccccc43)cc21.[Pt]. The van der Waals surface area contributed by atoms with Crippen LogP contribution in [-0.4, -0.2) is 9.55 Å². The number of pyridine rings is 1. The Balaban J connectivity index is 0.00000494. The van der Waals surface area contributed by atoms with Gasteiger partial charge >= 0.3 is 0 Å². The summed E-state index contributed by atoms with van der Waals surface area (Å²) in [6.45, 7) is 16.7. The Kier molecular flexibility index (Phi) is 10.2. The Bertz CT molecular complexity index is 3350. The quantitative estimate of drug-likeness (QED) is 0.149. The van der Waals surface area contributed by atoms with Gasteiger partial charge in [-0.15, -0.1) is 48.1 Å². The molecule has 3 heterocycles. The Morgan fingerprint density at radius 2 is 1.25 bits per heavy atom. The Hall–Kier alpha value is -6.42. The van der Waals surface area contributed by atoms with Gasteiger partial charge in [-0.1, -0.05) is 144 Å². The minimum absolute atomic E-state index is 0. The minimum Gasteiger partial charge on any atom is -0.509 e. The molecule has 1 aliphatic heterocycles. The van der Waals surface area contributed by atoms with E-state index in [1.165, 1.54) is 39.8 Å². The fraction of sp³-hybridized carbons (Fsp3) is 0.213. The van der Waals surface area contributed by atoms with Crippen molar-refractivity contribution in [1.82, 2.24) is 9.55 Å². The van der Waals surface area contributed by atoms with E-state index in [1.807, 2.05) is 24.4 Å². The summed E-state index contributed by atoms with van der Waals surface area (Å²) < 4.78 is 9.00. The summed E-state index contributed by atoms with van der Waals surface area (Å²) in [5.41, 5.74) is 13.9. The summed E-state index contributed by atoms with van der Waals surface area (Å²) in [6, 6.07) is 66.3. The molecule has 0 amide bonds. The number of aromatic nitrogens is 2. The molecule has 5 nitrogen and oxygen atoms in total. The van der Waals surface area contributed by atoms with Crippen LogP contribution in [0.3, 0.4) is 0 Å². The van der Waals surface area contributed by atoms with Crippen LogP contribution in [-0.2, 0) is 31.9 Å². The number of hydrogen-bond donors (Lipinski definition) is 0. The minimum atomic E-state index is -0.246. The largest absolute Gasteiger partial charge is 0.509 e. The fourth-order valence-corrected chi connectivity index (χ4v) is 12.7. The molecule has 0 atom stereocenters. The number of nitrogens with zero attached hydrogens (tertiary/aromatic N) is 4. The van der Waals surface area contributed by atoms with E-state index in [9.17, 15) is 0 Å². The van der Waals surface area contributed by atoms with Crippen molar-refractivity contribution < 1.29 is 25.8 Å². The van der Waals surface area contributed by atoms with Crippen molar-refractivity contribution in [1.29, 1.82) is 0 Å². The number of benzene rings is 7. The zero-order chi connectivity index (χ0) is 45.0. The van der Waals surface area contributed by atoms with Crippen molar-refractivity contribution in [2.75, 3.05) is 9.80 Å². The molecular formula is C61H53N4OPt-3. The number of ether oxygens (including phenoxy) is 1. The molecule has 2 aliphatic carbocycles. The van der Waals surface area contributed by atoms with Crippen molar-refractivity contribution in [2.45, 2.75) is 71.6 Å². The van der Waals surface area contributed by atoms with Crippen LogP contribution >= 0.6 is 0 Å². The van der Waals surface area contributed by atoms with E-state index in [-0.39, 0.29) is 42.7 Å². The molecule has 6 heteroatoms. The van der Waals surface area contributed by atoms with E-state index in [0.29, 0.717) is 11.5 Å². The summed E-state index contributed by atoms with van der Waals surface area (Å²) in [5, 5.41) is 2.25. The van der Waals surface area contributed by atoms with Crippen molar-refractivity contribution in [3.8, 4) is 28.4 Å². The molecular weight excluding hydrogens is 1000 g/mol. The van der Waals surface area contributed by atoms with Crippen LogP contribution in [0, 0.1) is 29.6 Å². The van der Waals surface area contributed by atoms with Gasteiger partial charge in [-0.25, -0.2) is 4.98 Å². The summed E-state index contributed by atoms with van der Waals surface area (Å²) in [7, 11) is 0. The van der Waals surface area contributed by atoms with E-state index in [4.69, 9.17) is 9.72 Å². The Labute approximate surface area is 409 Å². The predicted octanol–water partition coefficient (Wildman–Crippen LogP) is 15.8. The summed E-state index contributed by atoms with van der Waals surface area (Å²) in [5.74, 6) is 2.09. The van der Waals surface area contributed by atoms with Crippen LogP contribution in [0.1, 0.15) is 83.1 Å². The van der Waals surface area contributed by atoms with E-state index in [1.54, 1.807) is 0 Å². The molecule has 0 unspecified atom stereocenters. The van der Waals surface area contributed by atoms with Crippen LogP contribution < -0.4 is 14.5 Å². The van der Waals surface area contributed by atoms with Gasteiger partial charge in [0.1, 0.15) is 5.82 Å². The first-order chi connectivity index (χ1) is 32.0. The standard InChI is InChI=1S/C61H53N4O.Pt/c1-58(2)33-17-34-59(3,4)61(58,41-18-8-7-9-19-41)42-32-35-62-57(36-42)65-53-25-13-11-23-49(53)50-31-29-46(39-56(50)65)66-45-21-16-20-43(37-45)63-40-64(55-27-15-14-26-54(55)63)44-28-30-48-47-22-10-12-24-51(47)60(5,6)52(48)38-44;/h7-16,18-32,35-36,38,40H,17,33-34H2,1-6H3;/q-3;. The third-order valence-electron chi connectivity index (χ3n) is 15.5. The first-order valence-electron chi connectivity index (χ1n) is 23.4. The monoisotopic (exact) mass is 1050 g/mol.